The fraction of sp³-hybridized carbons (Fsp3) is 0.462. The first kappa shape index (κ1) is 11.7. The Morgan fingerprint density at radius 2 is 2.00 bits per heavy atom. The summed E-state index contributed by atoms with van der Waals surface area (Å²) >= 11 is 0. The number of benzene rings is 1. The van der Waals surface area contributed by atoms with Crippen molar-refractivity contribution in [2.75, 3.05) is 0 Å². The summed E-state index contributed by atoms with van der Waals surface area (Å²) in [4.78, 5) is 0. The molecule has 2 nitrogen and oxygen atoms in total. The molecule has 0 aromatic heterocycles. The van der Waals surface area contributed by atoms with Gasteiger partial charge in [-0.25, -0.2) is 0 Å². The van der Waals surface area contributed by atoms with Crippen molar-refractivity contribution in [3.63, 3.8) is 0 Å². The van der Waals surface area contributed by atoms with Crippen molar-refractivity contribution in [1.29, 1.82) is 5.26 Å². The van der Waals surface area contributed by atoms with Gasteiger partial charge in [0.1, 0.15) is 0 Å². The van der Waals surface area contributed by atoms with Crippen LogP contribution in [0.15, 0.2) is 18.2 Å². The number of nitriles is 1. The van der Waals surface area contributed by atoms with Gasteiger partial charge in [-0.3, -0.25) is 0 Å². The van der Waals surface area contributed by atoms with E-state index in [9.17, 15) is 0 Å². The maximum Gasteiger partial charge on any atom is 0.0768 e. The monoisotopic (exact) mass is 202 g/mol. The Kier molecular flexibility index (Phi) is 3.16. The highest BCUT2D eigenvalue weighted by molar-refractivity contribution is 5.40. The minimum absolute atomic E-state index is 0.0444. The summed E-state index contributed by atoms with van der Waals surface area (Å²) in [5.41, 5.74) is 8.71. The normalized spacial score (nSPS) is 13.3. The molecule has 1 atom stereocenters. The Morgan fingerprint density at radius 3 is 2.40 bits per heavy atom. The summed E-state index contributed by atoms with van der Waals surface area (Å²) in [5, 5.41) is 9.08. The lowest BCUT2D eigenvalue weighted by molar-refractivity contribution is 0.679. The zero-order valence-electron chi connectivity index (χ0n) is 9.83. The van der Waals surface area contributed by atoms with E-state index in [0.29, 0.717) is 0 Å². The van der Waals surface area contributed by atoms with Gasteiger partial charge in [0, 0.05) is 6.04 Å². The van der Waals surface area contributed by atoms with Crippen molar-refractivity contribution in [1.82, 2.24) is 0 Å². The molecule has 0 saturated carbocycles. The summed E-state index contributed by atoms with van der Waals surface area (Å²) in [6, 6.07) is 8.45. The number of rotatable bonds is 2. The lowest BCUT2D eigenvalue weighted by atomic mass is 9.82. The first-order valence-electron chi connectivity index (χ1n) is 5.16. The number of aryl methyl sites for hydroxylation is 1. The first-order valence-corrected chi connectivity index (χ1v) is 5.16. The number of hydrogen-bond donors (Lipinski definition) is 1. The molecule has 0 amide bonds. The molecule has 2 N–H and O–H groups in total. The number of hydrogen-bond acceptors (Lipinski definition) is 2. The van der Waals surface area contributed by atoms with Gasteiger partial charge in [0.2, 0.25) is 0 Å². The Bertz CT molecular complexity index is 397. The Labute approximate surface area is 91.7 Å². The van der Waals surface area contributed by atoms with Crippen molar-refractivity contribution in [2.45, 2.75) is 39.2 Å². The highest BCUT2D eigenvalue weighted by Gasteiger charge is 2.21. The van der Waals surface area contributed by atoms with E-state index in [4.69, 9.17) is 11.0 Å². The fourth-order valence-corrected chi connectivity index (χ4v) is 1.73. The second-order valence-corrected chi connectivity index (χ2v) is 4.60. The highest BCUT2D eigenvalue weighted by atomic mass is 14.6. The third-order valence-electron chi connectivity index (χ3n) is 2.73. The van der Waals surface area contributed by atoms with Gasteiger partial charge in [-0.2, -0.15) is 5.26 Å². The largest absolute Gasteiger partial charge is 0.324 e. The van der Waals surface area contributed by atoms with Crippen LogP contribution in [0.3, 0.4) is 0 Å². The third kappa shape index (κ3) is 2.37. The summed E-state index contributed by atoms with van der Waals surface area (Å²) in [6.07, 6.45) is 0. The van der Waals surface area contributed by atoms with Gasteiger partial charge >= 0.3 is 0 Å². The zero-order valence-corrected chi connectivity index (χ0v) is 9.83. The van der Waals surface area contributed by atoms with Gasteiger partial charge in [0.05, 0.1) is 11.5 Å². The van der Waals surface area contributed by atoms with Crippen LogP contribution in [0.2, 0.25) is 0 Å². The van der Waals surface area contributed by atoms with Crippen LogP contribution < -0.4 is 5.73 Å². The van der Waals surface area contributed by atoms with E-state index < -0.39 is 5.41 Å². The maximum atomic E-state index is 9.08. The SMILES string of the molecule is Cc1cc(C(C)N)ccc1C(C)(C)C#N. The standard InChI is InChI=1S/C13H18N2/c1-9-7-11(10(2)15)5-6-12(9)13(3,4)8-14/h5-7,10H,15H2,1-4H3. The molecule has 0 aliphatic heterocycles. The van der Waals surface area contributed by atoms with E-state index in [1.807, 2.05) is 39.8 Å². The van der Waals surface area contributed by atoms with Gasteiger partial charge < -0.3 is 5.73 Å². The molecule has 15 heavy (non-hydrogen) atoms. The van der Waals surface area contributed by atoms with E-state index in [-0.39, 0.29) is 6.04 Å². The van der Waals surface area contributed by atoms with Gasteiger partial charge in [-0.1, -0.05) is 18.2 Å². The lowest BCUT2D eigenvalue weighted by Crippen LogP contribution is -2.16. The van der Waals surface area contributed by atoms with Gasteiger partial charge in [0.25, 0.3) is 0 Å². The van der Waals surface area contributed by atoms with Crippen LogP contribution in [-0.2, 0) is 5.41 Å². The molecule has 0 heterocycles. The Morgan fingerprint density at radius 1 is 1.40 bits per heavy atom. The van der Waals surface area contributed by atoms with Crippen LogP contribution in [-0.4, -0.2) is 0 Å². The summed E-state index contributed by atoms with van der Waals surface area (Å²) in [5.74, 6) is 0. The molecule has 0 spiro atoms. The minimum atomic E-state index is -0.430. The molecule has 1 unspecified atom stereocenters. The molecule has 0 saturated heterocycles. The average Bonchev–Trinajstić information content (AvgIpc) is 2.17. The van der Waals surface area contributed by atoms with Crippen LogP contribution >= 0.6 is 0 Å². The summed E-state index contributed by atoms with van der Waals surface area (Å²) in [6.45, 7) is 7.85. The van der Waals surface area contributed by atoms with E-state index in [2.05, 4.69) is 12.1 Å². The predicted octanol–water partition coefficient (Wildman–Crippen LogP) is 2.82. The molecule has 1 aromatic rings. The minimum Gasteiger partial charge on any atom is -0.324 e. The second kappa shape index (κ2) is 4.04. The molecular weight excluding hydrogens is 184 g/mol. The van der Waals surface area contributed by atoms with Gasteiger partial charge in [-0.15, -0.1) is 0 Å². The fourth-order valence-electron chi connectivity index (χ4n) is 1.73. The smallest absolute Gasteiger partial charge is 0.0768 e. The van der Waals surface area contributed by atoms with Crippen LogP contribution in [0.4, 0.5) is 0 Å². The van der Waals surface area contributed by atoms with Gasteiger partial charge in [0.15, 0.2) is 0 Å². The third-order valence-corrected chi connectivity index (χ3v) is 2.73. The molecular formula is C13H18N2. The van der Waals surface area contributed by atoms with Crippen LogP contribution in [0.5, 0.6) is 0 Å². The topological polar surface area (TPSA) is 49.8 Å². The Balaban J connectivity index is 3.21. The van der Waals surface area contributed by atoms with Crippen molar-refractivity contribution in [3.8, 4) is 6.07 Å². The molecule has 80 valence electrons. The van der Waals surface area contributed by atoms with Crippen molar-refractivity contribution < 1.29 is 0 Å². The summed E-state index contributed by atoms with van der Waals surface area (Å²) < 4.78 is 0. The van der Waals surface area contributed by atoms with E-state index in [1.165, 1.54) is 0 Å². The number of nitrogens with zero attached hydrogens (tertiary/aromatic N) is 1. The van der Waals surface area contributed by atoms with Crippen LogP contribution in [0.25, 0.3) is 0 Å². The molecule has 1 aromatic carbocycles. The molecule has 0 fully saturated rings. The van der Waals surface area contributed by atoms with Gasteiger partial charge in [-0.05, 0) is 44.4 Å². The number of nitrogens with two attached hydrogens (primary N) is 1. The molecule has 1 rings (SSSR count). The van der Waals surface area contributed by atoms with E-state index in [0.717, 1.165) is 16.7 Å². The maximum absolute atomic E-state index is 9.08. The highest BCUT2D eigenvalue weighted by Crippen LogP contribution is 2.27. The average molecular weight is 202 g/mol. The summed E-state index contributed by atoms with van der Waals surface area (Å²) in [7, 11) is 0. The Hall–Kier alpha value is -1.33. The van der Waals surface area contributed by atoms with Crippen molar-refractivity contribution in [3.05, 3.63) is 34.9 Å². The lowest BCUT2D eigenvalue weighted by Gasteiger charge is -2.20. The van der Waals surface area contributed by atoms with Crippen molar-refractivity contribution in [2.24, 2.45) is 5.73 Å². The molecule has 2 heteroatoms. The van der Waals surface area contributed by atoms with Crippen LogP contribution in [0.1, 0.15) is 43.5 Å². The van der Waals surface area contributed by atoms with Crippen molar-refractivity contribution >= 4 is 0 Å². The van der Waals surface area contributed by atoms with Crippen LogP contribution in [0, 0.1) is 18.3 Å². The quantitative estimate of drug-likeness (QED) is 0.801. The zero-order chi connectivity index (χ0) is 11.6. The molecule has 0 bridgehead atoms. The first-order chi connectivity index (χ1) is 6.88. The molecule has 0 aliphatic rings. The van der Waals surface area contributed by atoms with E-state index in [1.54, 1.807) is 0 Å². The second-order valence-electron chi connectivity index (χ2n) is 4.60. The predicted molar refractivity (Wildman–Crippen MR) is 62.4 cm³/mol. The molecule has 0 radical (unpaired) electrons. The van der Waals surface area contributed by atoms with E-state index >= 15 is 0 Å². The molecule has 0 aliphatic carbocycles.